The number of nitrogens with zero attached hydrogens (tertiary/aromatic N) is 1. The first-order valence-corrected chi connectivity index (χ1v) is 8.19. The number of rotatable bonds is 5. The predicted molar refractivity (Wildman–Crippen MR) is 88.5 cm³/mol. The summed E-state index contributed by atoms with van der Waals surface area (Å²) in [6.07, 6.45) is 0.573. The highest BCUT2D eigenvalue weighted by molar-refractivity contribution is 5.75. The van der Waals surface area contributed by atoms with Gasteiger partial charge in [0, 0.05) is 13.5 Å². The standard InChI is InChI=1S/C18H23NO6/c1-13(20)24-12-16-9-8-15(17(21)23-2)10-19(16)18(22)25-11-14-6-4-3-5-7-14/h3-7,15-16H,8-12H2,1-2H3/t15-,16+/m1/s1. The molecule has 0 saturated carbocycles. The number of hydrogen-bond donors (Lipinski definition) is 0. The quantitative estimate of drug-likeness (QED) is 0.598. The Labute approximate surface area is 146 Å². The Morgan fingerprint density at radius 2 is 1.84 bits per heavy atom. The van der Waals surface area contributed by atoms with Crippen molar-refractivity contribution in [3.05, 3.63) is 35.9 Å². The normalized spacial score (nSPS) is 19.8. The lowest BCUT2D eigenvalue weighted by Gasteiger charge is -2.37. The van der Waals surface area contributed by atoms with Gasteiger partial charge in [-0.15, -0.1) is 0 Å². The summed E-state index contributed by atoms with van der Waals surface area (Å²) in [7, 11) is 1.32. The molecule has 1 amide bonds. The summed E-state index contributed by atoms with van der Waals surface area (Å²) in [5, 5.41) is 0. The van der Waals surface area contributed by atoms with E-state index < -0.39 is 18.0 Å². The molecule has 1 fully saturated rings. The number of carbonyl (C=O) groups excluding carboxylic acids is 3. The number of hydrogen-bond acceptors (Lipinski definition) is 6. The highest BCUT2D eigenvalue weighted by Crippen LogP contribution is 2.24. The first-order valence-electron chi connectivity index (χ1n) is 8.19. The SMILES string of the molecule is COC(=O)[C@@H]1CC[C@@H](COC(C)=O)N(C(=O)OCc2ccccc2)C1. The van der Waals surface area contributed by atoms with Gasteiger partial charge in [-0.3, -0.25) is 9.59 Å². The van der Waals surface area contributed by atoms with Crippen LogP contribution in [0.4, 0.5) is 4.79 Å². The first kappa shape index (κ1) is 18.8. The van der Waals surface area contributed by atoms with Gasteiger partial charge in [-0.25, -0.2) is 4.79 Å². The van der Waals surface area contributed by atoms with Gasteiger partial charge >= 0.3 is 18.0 Å². The van der Waals surface area contributed by atoms with Crippen LogP contribution in [0.15, 0.2) is 30.3 Å². The maximum absolute atomic E-state index is 12.5. The van der Waals surface area contributed by atoms with Gasteiger partial charge in [-0.05, 0) is 18.4 Å². The fourth-order valence-electron chi connectivity index (χ4n) is 2.80. The van der Waals surface area contributed by atoms with Gasteiger partial charge in [0.25, 0.3) is 0 Å². The topological polar surface area (TPSA) is 82.1 Å². The van der Waals surface area contributed by atoms with Crippen molar-refractivity contribution >= 4 is 18.0 Å². The molecule has 0 unspecified atom stereocenters. The van der Waals surface area contributed by atoms with E-state index in [9.17, 15) is 14.4 Å². The minimum absolute atomic E-state index is 0.0870. The Kier molecular flexibility index (Phi) is 6.80. The summed E-state index contributed by atoms with van der Waals surface area (Å²) in [6, 6.07) is 9.01. The van der Waals surface area contributed by atoms with Crippen LogP contribution in [0.1, 0.15) is 25.3 Å². The molecule has 2 rings (SSSR count). The van der Waals surface area contributed by atoms with E-state index in [4.69, 9.17) is 14.2 Å². The van der Waals surface area contributed by atoms with Crippen molar-refractivity contribution in [2.45, 2.75) is 32.4 Å². The van der Waals surface area contributed by atoms with Gasteiger partial charge in [0.2, 0.25) is 0 Å². The lowest BCUT2D eigenvalue weighted by Crippen LogP contribution is -2.51. The Hall–Kier alpha value is -2.57. The van der Waals surface area contributed by atoms with Crippen molar-refractivity contribution in [1.29, 1.82) is 0 Å². The molecule has 1 aliphatic rings. The average Bonchev–Trinajstić information content (AvgIpc) is 2.64. The number of methoxy groups -OCH3 is 1. The molecule has 0 radical (unpaired) electrons. The van der Waals surface area contributed by atoms with Gasteiger partial charge in [0.15, 0.2) is 0 Å². The number of esters is 2. The van der Waals surface area contributed by atoms with Crippen LogP contribution in [-0.4, -0.2) is 49.2 Å². The van der Waals surface area contributed by atoms with E-state index in [-0.39, 0.29) is 31.8 Å². The third-order valence-electron chi connectivity index (χ3n) is 4.16. The Balaban J connectivity index is 2.01. The van der Waals surface area contributed by atoms with Crippen LogP contribution in [-0.2, 0) is 30.4 Å². The largest absolute Gasteiger partial charge is 0.469 e. The van der Waals surface area contributed by atoms with Crippen molar-refractivity contribution < 1.29 is 28.6 Å². The van der Waals surface area contributed by atoms with E-state index in [0.717, 1.165) is 5.56 Å². The van der Waals surface area contributed by atoms with Crippen LogP contribution in [0.2, 0.25) is 0 Å². The molecule has 0 aliphatic carbocycles. The molecule has 0 N–H and O–H groups in total. The van der Waals surface area contributed by atoms with Gasteiger partial charge < -0.3 is 19.1 Å². The van der Waals surface area contributed by atoms with Crippen LogP contribution in [0, 0.1) is 5.92 Å². The molecule has 25 heavy (non-hydrogen) atoms. The van der Waals surface area contributed by atoms with Crippen LogP contribution in [0.25, 0.3) is 0 Å². The van der Waals surface area contributed by atoms with E-state index in [0.29, 0.717) is 12.8 Å². The zero-order chi connectivity index (χ0) is 18.2. The molecule has 7 nitrogen and oxygen atoms in total. The Morgan fingerprint density at radius 3 is 2.48 bits per heavy atom. The molecular formula is C18H23NO6. The molecule has 1 aromatic rings. The van der Waals surface area contributed by atoms with E-state index >= 15 is 0 Å². The summed E-state index contributed by atoms with van der Waals surface area (Å²) < 4.78 is 15.2. The van der Waals surface area contributed by atoms with Gasteiger partial charge in [-0.1, -0.05) is 30.3 Å². The second-order valence-electron chi connectivity index (χ2n) is 5.95. The zero-order valence-corrected chi connectivity index (χ0v) is 14.5. The molecule has 2 atom stereocenters. The number of amides is 1. The highest BCUT2D eigenvalue weighted by Gasteiger charge is 2.36. The Morgan fingerprint density at radius 1 is 1.12 bits per heavy atom. The molecule has 1 aliphatic heterocycles. The van der Waals surface area contributed by atoms with E-state index in [2.05, 4.69) is 0 Å². The molecular weight excluding hydrogens is 326 g/mol. The van der Waals surface area contributed by atoms with E-state index in [1.807, 2.05) is 30.3 Å². The first-order chi connectivity index (χ1) is 12.0. The van der Waals surface area contributed by atoms with Crippen molar-refractivity contribution in [1.82, 2.24) is 4.90 Å². The Bertz CT molecular complexity index is 603. The number of carbonyl (C=O) groups is 3. The predicted octanol–water partition coefficient (Wildman–Crippen LogP) is 2.14. The van der Waals surface area contributed by atoms with Crippen LogP contribution in [0.3, 0.4) is 0 Å². The van der Waals surface area contributed by atoms with Crippen molar-refractivity contribution in [3.8, 4) is 0 Å². The van der Waals surface area contributed by atoms with Crippen LogP contribution in [0.5, 0.6) is 0 Å². The number of benzene rings is 1. The lowest BCUT2D eigenvalue weighted by atomic mass is 9.93. The van der Waals surface area contributed by atoms with Crippen molar-refractivity contribution in [3.63, 3.8) is 0 Å². The molecule has 136 valence electrons. The minimum atomic E-state index is -0.533. The highest BCUT2D eigenvalue weighted by atomic mass is 16.6. The van der Waals surface area contributed by atoms with Crippen molar-refractivity contribution in [2.75, 3.05) is 20.3 Å². The summed E-state index contributed by atoms with van der Waals surface area (Å²) in [5.41, 5.74) is 0.869. The second-order valence-corrected chi connectivity index (χ2v) is 5.95. The van der Waals surface area contributed by atoms with Crippen LogP contribution < -0.4 is 0 Å². The fraction of sp³-hybridized carbons (Fsp3) is 0.500. The van der Waals surface area contributed by atoms with E-state index in [1.165, 1.54) is 18.9 Å². The van der Waals surface area contributed by atoms with E-state index in [1.54, 1.807) is 0 Å². The summed E-state index contributed by atoms with van der Waals surface area (Å²) >= 11 is 0. The molecule has 0 bridgehead atoms. The third kappa shape index (κ3) is 5.48. The van der Waals surface area contributed by atoms with Gasteiger partial charge in [0.05, 0.1) is 19.1 Å². The molecule has 0 spiro atoms. The number of piperidine rings is 1. The molecule has 1 heterocycles. The number of likely N-dealkylation sites (tertiary alicyclic amines) is 1. The van der Waals surface area contributed by atoms with Crippen molar-refractivity contribution in [2.24, 2.45) is 5.92 Å². The molecule has 1 saturated heterocycles. The van der Waals surface area contributed by atoms with Gasteiger partial charge in [0.1, 0.15) is 13.2 Å². The maximum atomic E-state index is 12.5. The second kappa shape index (κ2) is 9.05. The summed E-state index contributed by atoms with van der Waals surface area (Å²) in [5.74, 6) is -1.16. The molecule has 7 heteroatoms. The third-order valence-corrected chi connectivity index (χ3v) is 4.16. The average molecular weight is 349 g/mol. The molecule has 1 aromatic carbocycles. The zero-order valence-electron chi connectivity index (χ0n) is 14.5. The monoisotopic (exact) mass is 349 g/mol. The minimum Gasteiger partial charge on any atom is -0.469 e. The van der Waals surface area contributed by atoms with Crippen LogP contribution >= 0.6 is 0 Å². The fourth-order valence-corrected chi connectivity index (χ4v) is 2.80. The smallest absolute Gasteiger partial charge is 0.410 e. The lowest BCUT2D eigenvalue weighted by molar-refractivity contribution is -0.150. The summed E-state index contributed by atoms with van der Waals surface area (Å²) in [6.45, 7) is 1.73. The molecule has 0 aromatic heterocycles. The van der Waals surface area contributed by atoms with Gasteiger partial charge in [-0.2, -0.15) is 0 Å². The number of ether oxygens (including phenoxy) is 3. The summed E-state index contributed by atoms with van der Waals surface area (Å²) in [4.78, 5) is 36.8. The maximum Gasteiger partial charge on any atom is 0.410 e.